The second-order valence-corrected chi connectivity index (χ2v) is 5.03. The number of nitrogens with zero attached hydrogens (tertiary/aromatic N) is 2. The van der Waals surface area contributed by atoms with E-state index in [0.29, 0.717) is 0 Å². The molecule has 0 bridgehead atoms. The molecule has 0 fully saturated rings. The minimum Gasteiger partial charge on any atom is -0.492 e. The molecule has 0 spiro atoms. The largest absolute Gasteiger partial charge is 0.492 e. The van der Waals surface area contributed by atoms with Crippen molar-refractivity contribution in [1.29, 1.82) is 0 Å². The summed E-state index contributed by atoms with van der Waals surface area (Å²) in [6.07, 6.45) is 6.41. The molecule has 1 aromatic carbocycles. The summed E-state index contributed by atoms with van der Waals surface area (Å²) in [5.74, 6) is 0.978. The van der Waals surface area contributed by atoms with E-state index < -0.39 is 0 Å². The van der Waals surface area contributed by atoms with Gasteiger partial charge in [0.1, 0.15) is 5.75 Å². The molecule has 0 unspecified atom stereocenters. The van der Waals surface area contributed by atoms with Crippen LogP contribution in [0.2, 0.25) is 0 Å². The predicted molar refractivity (Wildman–Crippen MR) is 82.1 cm³/mol. The van der Waals surface area contributed by atoms with Gasteiger partial charge in [0.2, 0.25) is 0 Å². The molecule has 0 radical (unpaired) electrons. The Balaban J connectivity index is 1.93. The first kappa shape index (κ1) is 12.1. The third kappa shape index (κ3) is 2.07. The number of aromatic nitrogens is 2. The first-order chi connectivity index (χ1) is 10.4. The van der Waals surface area contributed by atoms with Gasteiger partial charge < -0.3 is 4.74 Å². The normalized spacial score (nSPS) is 12.8. The van der Waals surface area contributed by atoms with Crippen molar-refractivity contribution in [3.63, 3.8) is 0 Å². The van der Waals surface area contributed by atoms with Crippen LogP contribution in [0.3, 0.4) is 0 Å². The van der Waals surface area contributed by atoms with Gasteiger partial charge in [0, 0.05) is 36.1 Å². The van der Waals surface area contributed by atoms with Crippen LogP contribution in [0.1, 0.15) is 5.56 Å². The van der Waals surface area contributed by atoms with Gasteiger partial charge >= 0.3 is 0 Å². The van der Waals surface area contributed by atoms with Crippen molar-refractivity contribution in [2.75, 3.05) is 6.61 Å². The molecule has 0 amide bonds. The molecule has 21 heavy (non-hydrogen) atoms. The van der Waals surface area contributed by atoms with Gasteiger partial charge in [-0.15, -0.1) is 0 Å². The highest BCUT2D eigenvalue weighted by Gasteiger charge is 2.19. The molecule has 0 saturated carbocycles. The Labute approximate surface area is 123 Å². The van der Waals surface area contributed by atoms with E-state index in [1.54, 1.807) is 12.4 Å². The minimum absolute atomic E-state index is 0.754. The molecule has 0 saturated heterocycles. The first-order valence-electron chi connectivity index (χ1n) is 7.04. The van der Waals surface area contributed by atoms with E-state index in [1.165, 1.54) is 5.56 Å². The molecular weight excluding hydrogens is 260 g/mol. The molecule has 1 aliphatic heterocycles. The van der Waals surface area contributed by atoms with Crippen molar-refractivity contribution in [2.24, 2.45) is 0 Å². The summed E-state index contributed by atoms with van der Waals surface area (Å²) in [6.45, 7) is 0.754. The number of hydrogen-bond donors (Lipinski definition) is 0. The van der Waals surface area contributed by atoms with Crippen LogP contribution in [-0.2, 0) is 6.42 Å². The van der Waals surface area contributed by atoms with Crippen molar-refractivity contribution in [3.8, 4) is 28.1 Å². The third-order valence-corrected chi connectivity index (χ3v) is 3.77. The summed E-state index contributed by atoms with van der Waals surface area (Å²) >= 11 is 0. The van der Waals surface area contributed by atoms with Gasteiger partial charge in [-0.3, -0.25) is 9.97 Å². The van der Waals surface area contributed by atoms with Crippen molar-refractivity contribution < 1.29 is 4.74 Å². The zero-order chi connectivity index (χ0) is 14.1. The van der Waals surface area contributed by atoms with E-state index >= 15 is 0 Å². The highest BCUT2D eigenvalue weighted by atomic mass is 16.5. The van der Waals surface area contributed by atoms with Crippen LogP contribution in [0.4, 0.5) is 0 Å². The smallest absolute Gasteiger partial charge is 0.132 e. The van der Waals surface area contributed by atoms with Gasteiger partial charge in [-0.2, -0.15) is 0 Å². The average molecular weight is 274 g/mol. The van der Waals surface area contributed by atoms with Crippen molar-refractivity contribution in [1.82, 2.24) is 9.97 Å². The lowest BCUT2D eigenvalue weighted by Gasteiger charge is -2.12. The molecule has 0 aliphatic carbocycles. The number of fused-ring (bicyclic) bond motifs is 1. The Morgan fingerprint density at radius 2 is 1.71 bits per heavy atom. The van der Waals surface area contributed by atoms with Gasteiger partial charge in [0.05, 0.1) is 12.3 Å². The molecule has 0 N–H and O–H groups in total. The quantitative estimate of drug-likeness (QED) is 0.714. The van der Waals surface area contributed by atoms with Crippen LogP contribution in [0, 0.1) is 0 Å². The molecule has 1 aliphatic rings. The molecule has 3 nitrogen and oxygen atoms in total. The predicted octanol–water partition coefficient (Wildman–Crippen LogP) is 3.75. The molecular formula is C18H14N2O. The zero-order valence-corrected chi connectivity index (χ0v) is 11.5. The highest BCUT2D eigenvalue weighted by molar-refractivity contribution is 5.84. The van der Waals surface area contributed by atoms with E-state index in [-0.39, 0.29) is 0 Å². The standard InChI is InChI=1S/C18H14N2O/c1-3-14-8-12-21-18(14)16(4-1)17-15(5-2-9-20-17)13-6-10-19-11-7-13/h1-7,9-11H,8,12H2. The molecule has 3 aromatic rings. The number of rotatable bonds is 2. The third-order valence-electron chi connectivity index (χ3n) is 3.77. The second kappa shape index (κ2) is 5.02. The van der Waals surface area contributed by atoms with Crippen LogP contribution in [-0.4, -0.2) is 16.6 Å². The van der Waals surface area contributed by atoms with Gasteiger partial charge in [0.25, 0.3) is 0 Å². The summed E-state index contributed by atoms with van der Waals surface area (Å²) < 4.78 is 5.82. The average Bonchev–Trinajstić information content (AvgIpc) is 3.04. The lowest BCUT2D eigenvalue weighted by Crippen LogP contribution is -1.93. The van der Waals surface area contributed by atoms with E-state index in [2.05, 4.69) is 34.2 Å². The van der Waals surface area contributed by atoms with Crippen molar-refractivity contribution >= 4 is 0 Å². The van der Waals surface area contributed by atoms with Crippen molar-refractivity contribution in [2.45, 2.75) is 6.42 Å². The summed E-state index contributed by atoms with van der Waals surface area (Å²) in [7, 11) is 0. The van der Waals surface area contributed by atoms with Crippen LogP contribution in [0.25, 0.3) is 22.4 Å². The summed E-state index contributed by atoms with van der Waals surface area (Å²) in [5, 5.41) is 0. The maximum absolute atomic E-state index is 5.82. The topological polar surface area (TPSA) is 35.0 Å². The number of hydrogen-bond acceptors (Lipinski definition) is 3. The maximum atomic E-state index is 5.82. The Bertz CT molecular complexity index is 784. The van der Waals surface area contributed by atoms with E-state index in [4.69, 9.17) is 4.74 Å². The van der Waals surface area contributed by atoms with Gasteiger partial charge in [-0.25, -0.2) is 0 Å². The first-order valence-corrected chi connectivity index (χ1v) is 7.04. The SMILES string of the molecule is c1cnc(-c2cccc3c2OCC3)c(-c2ccncc2)c1. The highest BCUT2D eigenvalue weighted by Crippen LogP contribution is 2.39. The van der Waals surface area contributed by atoms with Gasteiger partial charge in [0.15, 0.2) is 0 Å². The number of benzene rings is 1. The van der Waals surface area contributed by atoms with Gasteiger partial charge in [-0.1, -0.05) is 18.2 Å². The molecule has 102 valence electrons. The van der Waals surface area contributed by atoms with Crippen molar-refractivity contribution in [3.05, 3.63) is 66.6 Å². The minimum atomic E-state index is 0.754. The van der Waals surface area contributed by atoms with Crippen LogP contribution in [0.5, 0.6) is 5.75 Å². The Morgan fingerprint density at radius 3 is 2.62 bits per heavy atom. The van der Waals surface area contributed by atoms with Gasteiger partial charge in [-0.05, 0) is 35.4 Å². The summed E-state index contributed by atoms with van der Waals surface area (Å²) in [4.78, 5) is 8.69. The Hall–Kier alpha value is -2.68. The monoisotopic (exact) mass is 274 g/mol. The zero-order valence-electron chi connectivity index (χ0n) is 11.5. The molecule has 2 aromatic heterocycles. The fourth-order valence-corrected chi connectivity index (χ4v) is 2.79. The lowest BCUT2D eigenvalue weighted by atomic mass is 9.98. The Morgan fingerprint density at radius 1 is 0.857 bits per heavy atom. The van der Waals surface area contributed by atoms with Crippen LogP contribution < -0.4 is 4.74 Å². The Kier molecular flexibility index (Phi) is 2.89. The summed E-state index contributed by atoms with van der Waals surface area (Å²) in [5.41, 5.74) is 5.51. The lowest BCUT2D eigenvalue weighted by molar-refractivity contribution is 0.358. The van der Waals surface area contributed by atoms with E-state index in [0.717, 1.165) is 41.2 Å². The van der Waals surface area contributed by atoms with Crippen LogP contribution >= 0.6 is 0 Å². The van der Waals surface area contributed by atoms with Crippen LogP contribution in [0.15, 0.2) is 61.1 Å². The number of ether oxygens (including phenoxy) is 1. The molecule has 0 atom stereocenters. The molecule has 3 heterocycles. The maximum Gasteiger partial charge on any atom is 0.132 e. The van der Waals surface area contributed by atoms with E-state index in [9.17, 15) is 0 Å². The summed E-state index contributed by atoms with van der Waals surface area (Å²) in [6, 6.07) is 14.3. The fraction of sp³-hybridized carbons (Fsp3) is 0.111. The fourth-order valence-electron chi connectivity index (χ4n) is 2.79. The second-order valence-electron chi connectivity index (χ2n) is 5.03. The van der Waals surface area contributed by atoms with E-state index in [1.807, 2.05) is 24.4 Å². The number of pyridine rings is 2. The molecule has 4 rings (SSSR count). The molecule has 3 heteroatoms. The number of para-hydroxylation sites is 1.